The molecule has 0 radical (unpaired) electrons. The van der Waals surface area contributed by atoms with E-state index in [4.69, 9.17) is 4.74 Å². The molecule has 4 aromatic rings. The first-order chi connectivity index (χ1) is 16.1. The third-order valence-electron chi connectivity index (χ3n) is 4.88. The third-order valence-corrected chi connectivity index (χ3v) is 6.64. The normalized spacial score (nSPS) is 12.7. The summed E-state index contributed by atoms with van der Waals surface area (Å²) in [5.74, 6) is -1.45. The molecule has 3 heterocycles. The van der Waals surface area contributed by atoms with E-state index >= 15 is 0 Å². The van der Waals surface area contributed by atoms with Crippen LogP contribution in [0.3, 0.4) is 0 Å². The molecule has 3 aromatic heterocycles. The number of carbonyl (C=O) groups excluding carboxylic acids is 2. The molecule has 1 aromatic carbocycles. The number of halogens is 3. The average Bonchev–Trinajstić information content (AvgIpc) is 3.42. The number of hydrogen-bond donors (Lipinski definition) is 0. The van der Waals surface area contributed by atoms with E-state index in [2.05, 4.69) is 14.8 Å². The van der Waals surface area contributed by atoms with Crippen molar-refractivity contribution in [3.63, 3.8) is 0 Å². The Bertz CT molecular complexity index is 1460. The lowest BCUT2D eigenvalue weighted by atomic mass is 10.2. The fourth-order valence-electron chi connectivity index (χ4n) is 3.24. The van der Waals surface area contributed by atoms with Gasteiger partial charge >= 0.3 is 18.1 Å². The number of benzene rings is 1. The highest BCUT2D eigenvalue weighted by molar-refractivity contribution is 7.18. The molecule has 34 heavy (non-hydrogen) atoms. The molecular formula is C21H16F3N3O5S2. The molecular weight excluding hydrogens is 495 g/mol. The fraction of sp³-hybridized carbons (Fsp3) is 0.286. The number of rotatable bonds is 6. The van der Waals surface area contributed by atoms with Gasteiger partial charge in [-0.1, -0.05) is 0 Å². The van der Waals surface area contributed by atoms with Crippen LogP contribution in [0.15, 0.2) is 33.8 Å². The summed E-state index contributed by atoms with van der Waals surface area (Å²) in [6.45, 7) is 1.28. The molecule has 4 rings (SSSR count). The van der Waals surface area contributed by atoms with E-state index in [0.29, 0.717) is 20.5 Å². The predicted octanol–water partition coefficient (Wildman–Crippen LogP) is 3.78. The first-order valence-electron chi connectivity index (χ1n) is 9.76. The van der Waals surface area contributed by atoms with Crippen LogP contribution in [0.2, 0.25) is 0 Å². The van der Waals surface area contributed by atoms with Gasteiger partial charge in [-0.25, -0.2) is 14.5 Å². The molecule has 0 saturated heterocycles. The first-order valence-corrected chi connectivity index (χ1v) is 11.5. The summed E-state index contributed by atoms with van der Waals surface area (Å²) >= 11 is 2.40. The highest BCUT2D eigenvalue weighted by Crippen LogP contribution is 2.33. The van der Waals surface area contributed by atoms with Gasteiger partial charge in [0.15, 0.2) is 6.10 Å². The van der Waals surface area contributed by atoms with Crippen LogP contribution in [0, 0.1) is 0 Å². The second-order valence-corrected chi connectivity index (χ2v) is 9.09. The van der Waals surface area contributed by atoms with Gasteiger partial charge < -0.3 is 9.47 Å². The maximum atomic E-state index is 13.0. The van der Waals surface area contributed by atoms with Crippen LogP contribution in [0.5, 0.6) is 0 Å². The summed E-state index contributed by atoms with van der Waals surface area (Å²) in [4.78, 5) is 41.0. The van der Waals surface area contributed by atoms with Crippen LogP contribution in [-0.2, 0) is 38.2 Å². The van der Waals surface area contributed by atoms with E-state index in [-0.39, 0.29) is 24.2 Å². The van der Waals surface area contributed by atoms with Crippen LogP contribution >= 0.6 is 22.7 Å². The molecule has 0 amide bonds. The monoisotopic (exact) mass is 511 g/mol. The van der Waals surface area contributed by atoms with E-state index in [1.54, 1.807) is 10.8 Å². The topological polar surface area (TPSA) is 100 Å². The van der Waals surface area contributed by atoms with Crippen LogP contribution in [0.4, 0.5) is 13.2 Å². The van der Waals surface area contributed by atoms with Gasteiger partial charge in [0.1, 0.15) is 5.01 Å². The number of nitrogens with zero attached hydrogens (tertiary/aromatic N) is 3. The van der Waals surface area contributed by atoms with Crippen LogP contribution in [0.25, 0.3) is 21.0 Å². The van der Waals surface area contributed by atoms with Crippen molar-refractivity contribution in [3.05, 3.63) is 55.6 Å². The average molecular weight is 512 g/mol. The van der Waals surface area contributed by atoms with Crippen molar-refractivity contribution in [3.8, 4) is 0 Å². The Morgan fingerprint density at radius 3 is 2.65 bits per heavy atom. The van der Waals surface area contributed by atoms with Crippen LogP contribution < -0.4 is 5.56 Å². The molecule has 0 spiro atoms. The van der Waals surface area contributed by atoms with Gasteiger partial charge in [-0.2, -0.15) is 29.6 Å². The highest BCUT2D eigenvalue weighted by Gasteiger charge is 2.31. The molecule has 0 bridgehead atoms. The van der Waals surface area contributed by atoms with Gasteiger partial charge in [-0.3, -0.25) is 9.59 Å². The smallest absolute Gasteiger partial charge is 0.416 e. The largest absolute Gasteiger partial charge is 0.466 e. The number of hydrogen-bond acceptors (Lipinski definition) is 9. The van der Waals surface area contributed by atoms with Gasteiger partial charge in [0.25, 0.3) is 5.56 Å². The van der Waals surface area contributed by atoms with Crippen molar-refractivity contribution in [2.45, 2.75) is 32.2 Å². The summed E-state index contributed by atoms with van der Waals surface area (Å²) in [5, 5.41) is 8.78. The number of methoxy groups -OCH3 is 1. The molecule has 0 saturated carbocycles. The van der Waals surface area contributed by atoms with E-state index in [0.717, 1.165) is 28.2 Å². The molecule has 8 nitrogen and oxygen atoms in total. The summed E-state index contributed by atoms with van der Waals surface area (Å²) < 4.78 is 50.2. The standard InChI is InChI=1S/C21H16F3N3O5S2/c1-10(20(30)31-2)32-18(28)6-14-12-8-33-9-13(12)19(29)27(26-14)7-17-25-15-5-11(21(22,23)24)3-4-16(15)34-17/h3-5,8-10H,6-7H2,1-2H3/t10-/m0/s1. The van der Waals surface area contributed by atoms with E-state index in [1.165, 1.54) is 31.4 Å². The van der Waals surface area contributed by atoms with Crippen molar-refractivity contribution < 1.29 is 32.2 Å². The SMILES string of the molecule is COC(=O)[C@H](C)OC(=O)Cc1nn(Cc2nc3cc(C(F)(F)F)ccc3s2)c(=O)c2cscc12. The Hall–Kier alpha value is -3.32. The number of alkyl halides is 3. The van der Waals surface area contributed by atoms with E-state index in [1.807, 2.05) is 0 Å². The van der Waals surface area contributed by atoms with E-state index in [9.17, 15) is 27.6 Å². The Morgan fingerprint density at radius 1 is 1.21 bits per heavy atom. The lowest BCUT2D eigenvalue weighted by Crippen LogP contribution is -2.28. The van der Waals surface area contributed by atoms with Crippen molar-refractivity contribution in [1.82, 2.24) is 14.8 Å². The Labute approximate surface area is 197 Å². The number of esters is 2. The summed E-state index contributed by atoms with van der Waals surface area (Å²) in [6, 6.07) is 3.27. The summed E-state index contributed by atoms with van der Waals surface area (Å²) in [6.07, 6.45) is -5.90. The highest BCUT2D eigenvalue weighted by atomic mass is 32.1. The van der Waals surface area contributed by atoms with Crippen LogP contribution in [-0.4, -0.2) is 39.9 Å². The van der Waals surface area contributed by atoms with Gasteiger partial charge in [0.05, 0.1) is 46.9 Å². The lowest BCUT2D eigenvalue weighted by Gasteiger charge is -2.12. The molecule has 0 aliphatic carbocycles. The molecule has 0 N–H and O–H groups in total. The Balaban J connectivity index is 1.64. The van der Waals surface area contributed by atoms with Gasteiger partial charge in [0, 0.05) is 16.1 Å². The van der Waals surface area contributed by atoms with E-state index < -0.39 is 35.3 Å². The molecule has 13 heteroatoms. The van der Waals surface area contributed by atoms with Crippen molar-refractivity contribution in [2.75, 3.05) is 7.11 Å². The maximum Gasteiger partial charge on any atom is 0.416 e. The quantitative estimate of drug-likeness (QED) is 0.363. The number of fused-ring (bicyclic) bond motifs is 2. The van der Waals surface area contributed by atoms with Crippen LogP contribution in [0.1, 0.15) is 23.2 Å². The lowest BCUT2D eigenvalue weighted by molar-refractivity contribution is -0.164. The predicted molar refractivity (Wildman–Crippen MR) is 119 cm³/mol. The first kappa shape index (κ1) is 23.8. The van der Waals surface area contributed by atoms with Crippen molar-refractivity contribution >= 4 is 55.6 Å². The Morgan fingerprint density at radius 2 is 1.94 bits per heavy atom. The van der Waals surface area contributed by atoms with Gasteiger partial charge in [0.2, 0.25) is 0 Å². The van der Waals surface area contributed by atoms with Gasteiger partial charge in [-0.15, -0.1) is 11.3 Å². The van der Waals surface area contributed by atoms with Crippen molar-refractivity contribution in [1.29, 1.82) is 0 Å². The molecule has 1 atom stereocenters. The molecule has 0 unspecified atom stereocenters. The molecule has 0 aliphatic rings. The minimum Gasteiger partial charge on any atom is -0.466 e. The molecule has 0 fully saturated rings. The van der Waals surface area contributed by atoms with Crippen molar-refractivity contribution in [2.24, 2.45) is 0 Å². The minimum atomic E-state index is -4.49. The molecule has 178 valence electrons. The zero-order valence-electron chi connectivity index (χ0n) is 17.7. The second-order valence-electron chi connectivity index (χ2n) is 7.23. The number of carbonyl (C=O) groups is 2. The van der Waals surface area contributed by atoms with Gasteiger partial charge in [-0.05, 0) is 25.1 Å². The number of thiophene rings is 1. The number of ether oxygens (including phenoxy) is 2. The zero-order chi connectivity index (χ0) is 24.6. The Kier molecular flexibility index (Phi) is 6.41. The zero-order valence-corrected chi connectivity index (χ0v) is 19.3. The maximum absolute atomic E-state index is 13.0. The molecule has 0 aliphatic heterocycles. The fourth-order valence-corrected chi connectivity index (χ4v) is 5.01. The third kappa shape index (κ3) is 4.80. The number of aromatic nitrogens is 3. The summed E-state index contributed by atoms with van der Waals surface area (Å²) in [7, 11) is 1.17. The minimum absolute atomic E-state index is 0.0913. The number of thiazole rings is 1. The summed E-state index contributed by atoms with van der Waals surface area (Å²) in [5.41, 5.74) is -0.807. The second kappa shape index (κ2) is 9.14.